The molecule has 0 aliphatic rings. The fourth-order valence-corrected chi connectivity index (χ4v) is 3.76. The smallest absolute Gasteiger partial charge is 0.263 e. The third-order valence-corrected chi connectivity index (χ3v) is 5.44. The molecule has 27 heavy (non-hydrogen) atoms. The SMILES string of the molecule is CC(C)(C)c1ccccc1Nc1ccc(NS(=O)(=O)c2ccccc2)nc1. The van der Waals surface area contributed by atoms with Crippen LogP contribution in [0.25, 0.3) is 0 Å². The van der Waals surface area contributed by atoms with Crippen molar-refractivity contribution in [2.24, 2.45) is 0 Å². The number of benzene rings is 2. The topological polar surface area (TPSA) is 71.1 Å². The van der Waals surface area contributed by atoms with Crippen LogP contribution in [0, 0.1) is 0 Å². The average molecular weight is 382 g/mol. The second kappa shape index (κ2) is 7.40. The molecule has 0 bridgehead atoms. The Morgan fingerprint density at radius 2 is 1.52 bits per heavy atom. The average Bonchev–Trinajstić information content (AvgIpc) is 2.63. The van der Waals surface area contributed by atoms with Crippen molar-refractivity contribution in [2.75, 3.05) is 10.0 Å². The molecular formula is C21H23N3O2S. The first-order chi connectivity index (χ1) is 12.8. The molecule has 3 rings (SSSR count). The van der Waals surface area contributed by atoms with Crippen LogP contribution in [0.3, 0.4) is 0 Å². The van der Waals surface area contributed by atoms with Crippen molar-refractivity contribution in [3.8, 4) is 0 Å². The molecule has 0 atom stereocenters. The predicted molar refractivity (Wildman–Crippen MR) is 110 cm³/mol. The summed E-state index contributed by atoms with van der Waals surface area (Å²) in [6, 6.07) is 19.8. The van der Waals surface area contributed by atoms with Crippen molar-refractivity contribution in [3.63, 3.8) is 0 Å². The van der Waals surface area contributed by atoms with Gasteiger partial charge in [0.15, 0.2) is 0 Å². The molecule has 1 heterocycles. The molecular weight excluding hydrogens is 358 g/mol. The third kappa shape index (κ3) is 4.65. The summed E-state index contributed by atoms with van der Waals surface area (Å²) in [4.78, 5) is 4.43. The van der Waals surface area contributed by atoms with Crippen molar-refractivity contribution in [1.82, 2.24) is 4.98 Å². The Hall–Kier alpha value is -2.86. The molecule has 5 nitrogen and oxygen atoms in total. The molecule has 140 valence electrons. The Kier molecular flexibility index (Phi) is 5.19. The Morgan fingerprint density at radius 1 is 0.852 bits per heavy atom. The van der Waals surface area contributed by atoms with Gasteiger partial charge in [0.05, 0.1) is 16.8 Å². The molecule has 0 saturated carbocycles. The molecule has 0 spiro atoms. The molecule has 2 N–H and O–H groups in total. The predicted octanol–water partition coefficient (Wildman–Crippen LogP) is 4.92. The standard InChI is InChI=1S/C21H23N3O2S/c1-21(2,3)18-11-7-8-12-19(18)23-16-13-14-20(22-15-16)24-27(25,26)17-9-5-4-6-10-17/h4-15,23H,1-3H3,(H,22,24). The zero-order chi connectivity index (χ0) is 19.5. The fraction of sp³-hybridized carbons (Fsp3) is 0.190. The minimum Gasteiger partial charge on any atom is -0.354 e. The quantitative estimate of drug-likeness (QED) is 0.658. The van der Waals surface area contributed by atoms with Gasteiger partial charge in [0.1, 0.15) is 5.82 Å². The highest BCUT2D eigenvalue weighted by atomic mass is 32.2. The molecule has 0 radical (unpaired) electrons. The first-order valence-corrected chi connectivity index (χ1v) is 10.1. The van der Waals surface area contributed by atoms with Gasteiger partial charge >= 0.3 is 0 Å². The lowest BCUT2D eigenvalue weighted by Crippen LogP contribution is -2.14. The van der Waals surface area contributed by atoms with E-state index < -0.39 is 10.0 Å². The highest BCUT2D eigenvalue weighted by Crippen LogP contribution is 2.31. The van der Waals surface area contributed by atoms with Gasteiger partial charge in [-0.3, -0.25) is 4.72 Å². The number of pyridine rings is 1. The number of aromatic nitrogens is 1. The fourth-order valence-electron chi connectivity index (χ4n) is 2.73. The third-order valence-electron chi connectivity index (χ3n) is 4.07. The van der Waals surface area contributed by atoms with Crippen LogP contribution in [0.4, 0.5) is 17.2 Å². The molecule has 1 aromatic heterocycles. The van der Waals surface area contributed by atoms with Crippen LogP contribution in [0.2, 0.25) is 0 Å². The summed E-state index contributed by atoms with van der Waals surface area (Å²) in [7, 11) is -3.64. The Morgan fingerprint density at radius 3 is 2.15 bits per heavy atom. The molecule has 0 fully saturated rings. The van der Waals surface area contributed by atoms with E-state index in [1.165, 1.54) is 5.56 Å². The van der Waals surface area contributed by atoms with E-state index >= 15 is 0 Å². The molecule has 0 amide bonds. The van der Waals surface area contributed by atoms with E-state index in [9.17, 15) is 8.42 Å². The Balaban J connectivity index is 1.77. The summed E-state index contributed by atoms with van der Waals surface area (Å²) in [6.45, 7) is 6.48. The van der Waals surface area contributed by atoms with E-state index in [0.29, 0.717) is 0 Å². The van der Waals surface area contributed by atoms with Crippen molar-refractivity contribution < 1.29 is 8.42 Å². The number of nitrogens with zero attached hydrogens (tertiary/aromatic N) is 1. The minimum atomic E-state index is -3.64. The summed E-state index contributed by atoms with van der Waals surface area (Å²) in [5, 5.41) is 3.36. The van der Waals surface area contributed by atoms with Crippen LogP contribution in [0.5, 0.6) is 0 Å². The van der Waals surface area contributed by atoms with Gasteiger partial charge in [0, 0.05) is 5.69 Å². The normalized spacial score (nSPS) is 11.8. The van der Waals surface area contributed by atoms with Crippen molar-refractivity contribution >= 4 is 27.2 Å². The number of para-hydroxylation sites is 1. The van der Waals surface area contributed by atoms with Gasteiger partial charge in [0.25, 0.3) is 10.0 Å². The number of nitrogens with one attached hydrogen (secondary N) is 2. The maximum atomic E-state index is 12.4. The number of rotatable bonds is 5. The van der Waals surface area contributed by atoms with Crippen molar-refractivity contribution in [3.05, 3.63) is 78.5 Å². The largest absolute Gasteiger partial charge is 0.354 e. The van der Waals surface area contributed by atoms with Gasteiger partial charge in [-0.1, -0.05) is 57.2 Å². The summed E-state index contributed by atoms with van der Waals surface area (Å²) in [6.07, 6.45) is 1.61. The first kappa shape index (κ1) is 18.9. The Labute approximate surface area is 160 Å². The Bertz CT molecular complexity index is 1010. The van der Waals surface area contributed by atoms with Crippen molar-refractivity contribution in [2.45, 2.75) is 31.1 Å². The van der Waals surface area contributed by atoms with E-state index in [-0.39, 0.29) is 16.1 Å². The van der Waals surface area contributed by atoms with Gasteiger partial charge in [0.2, 0.25) is 0 Å². The van der Waals surface area contributed by atoms with E-state index in [1.807, 2.05) is 18.2 Å². The molecule has 0 unspecified atom stereocenters. The van der Waals surface area contributed by atoms with Crippen LogP contribution in [-0.2, 0) is 15.4 Å². The lowest BCUT2D eigenvalue weighted by molar-refractivity contribution is 0.592. The molecule has 0 aliphatic carbocycles. The number of anilines is 3. The highest BCUT2D eigenvalue weighted by Gasteiger charge is 2.18. The second-order valence-corrected chi connectivity index (χ2v) is 8.95. The molecule has 3 aromatic rings. The summed E-state index contributed by atoms with van der Waals surface area (Å²) in [5.41, 5.74) is 2.99. The molecule has 2 aromatic carbocycles. The first-order valence-electron chi connectivity index (χ1n) is 8.66. The maximum absolute atomic E-state index is 12.4. The summed E-state index contributed by atoms with van der Waals surface area (Å²) < 4.78 is 27.2. The summed E-state index contributed by atoms with van der Waals surface area (Å²) in [5.74, 6) is 0.272. The van der Waals surface area contributed by atoms with Crippen LogP contribution in [-0.4, -0.2) is 13.4 Å². The van der Waals surface area contributed by atoms with Gasteiger partial charge in [-0.15, -0.1) is 0 Å². The lowest BCUT2D eigenvalue weighted by atomic mass is 9.86. The van der Waals surface area contributed by atoms with Gasteiger partial charge in [-0.25, -0.2) is 13.4 Å². The zero-order valence-corrected chi connectivity index (χ0v) is 16.4. The highest BCUT2D eigenvalue weighted by molar-refractivity contribution is 7.92. The maximum Gasteiger partial charge on any atom is 0.263 e. The van der Waals surface area contributed by atoms with E-state index in [2.05, 4.69) is 41.9 Å². The molecule has 0 saturated heterocycles. The van der Waals surface area contributed by atoms with Gasteiger partial charge < -0.3 is 5.32 Å². The van der Waals surface area contributed by atoms with Crippen LogP contribution < -0.4 is 10.0 Å². The van der Waals surface area contributed by atoms with Crippen molar-refractivity contribution in [1.29, 1.82) is 0 Å². The zero-order valence-electron chi connectivity index (χ0n) is 15.6. The second-order valence-electron chi connectivity index (χ2n) is 7.27. The van der Waals surface area contributed by atoms with Gasteiger partial charge in [-0.05, 0) is 41.3 Å². The summed E-state index contributed by atoms with van der Waals surface area (Å²) >= 11 is 0. The van der Waals surface area contributed by atoms with E-state index in [0.717, 1.165) is 11.4 Å². The van der Waals surface area contributed by atoms with Crippen LogP contribution >= 0.6 is 0 Å². The van der Waals surface area contributed by atoms with Crippen LogP contribution in [0.15, 0.2) is 77.8 Å². The van der Waals surface area contributed by atoms with Gasteiger partial charge in [-0.2, -0.15) is 0 Å². The molecule has 0 aliphatic heterocycles. The number of sulfonamides is 1. The molecule has 6 heteroatoms. The van der Waals surface area contributed by atoms with Crippen LogP contribution in [0.1, 0.15) is 26.3 Å². The number of hydrogen-bond donors (Lipinski definition) is 2. The monoisotopic (exact) mass is 381 g/mol. The van der Waals surface area contributed by atoms with E-state index in [4.69, 9.17) is 0 Å². The lowest BCUT2D eigenvalue weighted by Gasteiger charge is -2.23. The number of hydrogen-bond acceptors (Lipinski definition) is 4. The van der Waals surface area contributed by atoms with E-state index in [1.54, 1.807) is 48.7 Å². The minimum absolute atomic E-state index is 0.00226.